The number of benzene rings is 3. The van der Waals surface area contributed by atoms with E-state index in [2.05, 4.69) is 10.8 Å². The minimum Gasteiger partial charge on any atom is -0.497 e. The number of aryl methyl sites for hydroxylation is 1. The third kappa shape index (κ3) is 4.25. The van der Waals surface area contributed by atoms with Crippen molar-refractivity contribution in [3.05, 3.63) is 66.2 Å². The minimum absolute atomic E-state index is 0.136. The van der Waals surface area contributed by atoms with Crippen LogP contribution in [0.1, 0.15) is 12.0 Å². The molecule has 2 N–H and O–H groups in total. The van der Waals surface area contributed by atoms with Crippen molar-refractivity contribution in [2.45, 2.75) is 17.7 Å². The van der Waals surface area contributed by atoms with Crippen molar-refractivity contribution in [2.24, 2.45) is 0 Å². The van der Waals surface area contributed by atoms with Crippen molar-refractivity contribution in [1.29, 1.82) is 0 Å². The van der Waals surface area contributed by atoms with Crippen molar-refractivity contribution in [1.82, 2.24) is 0 Å². The Hall–Kier alpha value is -2.66. The summed E-state index contributed by atoms with van der Waals surface area (Å²) in [5, 5.41) is 11.1. The summed E-state index contributed by atoms with van der Waals surface area (Å²) in [6, 6.07) is 19.9. The molecule has 0 bridgehead atoms. The van der Waals surface area contributed by atoms with E-state index in [1.165, 1.54) is 11.9 Å². The van der Waals surface area contributed by atoms with Crippen LogP contribution in [0.25, 0.3) is 10.8 Å². The van der Waals surface area contributed by atoms with Crippen LogP contribution < -0.4 is 9.46 Å². The molecule has 0 aliphatic heterocycles. The van der Waals surface area contributed by atoms with E-state index in [-0.39, 0.29) is 6.42 Å². The number of anilines is 1. The highest BCUT2D eigenvalue weighted by Crippen LogP contribution is 2.31. The van der Waals surface area contributed by atoms with E-state index in [9.17, 15) is 4.79 Å². The van der Waals surface area contributed by atoms with Crippen LogP contribution in [0, 0.1) is 0 Å². The number of aliphatic carboxylic acids is 1. The highest BCUT2D eigenvalue weighted by Gasteiger charge is 2.08. The van der Waals surface area contributed by atoms with Crippen LogP contribution in [-0.4, -0.2) is 18.2 Å². The molecule has 0 saturated carbocycles. The second-order valence-electron chi connectivity index (χ2n) is 5.59. The van der Waals surface area contributed by atoms with Crippen molar-refractivity contribution in [2.75, 3.05) is 11.8 Å². The summed E-state index contributed by atoms with van der Waals surface area (Å²) < 4.78 is 8.56. The average Bonchev–Trinajstić information content (AvgIpc) is 2.65. The van der Waals surface area contributed by atoms with Gasteiger partial charge in [-0.15, -0.1) is 0 Å². The number of methoxy groups -OCH3 is 1. The second kappa shape index (κ2) is 7.94. The van der Waals surface area contributed by atoms with E-state index in [1.54, 1.807) is 7.11 Å². The van der Waals surface area contributed by atoms with Gasteiger partial charge < -0.3 is 14.6 Å². The van der Waals surface area contributed by atoms with E-state index in [1.807, 2.05) is 54.6 Å². The number of fused-ring (bicyclic) bond motifs is 1. The number of carboxylic acids is 1. The van der Waals surface area contributed by atoms with Gasteiger partial charge >= 0.3 is 5.97 Å². The zero-order chi connectivity index (χ0) is 17.6. The molecule has 5 heteroatoms. The van der Waals surface area contributed by atoms with Crippen molar-refractivity contribution in [3.63, 3.8) is 0 Å². The van der Waals surface area contributed by atoms with Gasteiger partial charge in [0.1, 0.15) is 5.75 Å². The SMILES string of the molecule is COc1ccc(SNc2ccc(CCC(=O)O)c3ccccc23)cc1. The maximum Gasteiger partial charge on any atom is 0.303 e. The van der Waals surface area contributed by atoms with Gasteiger partial charge in [0.2, 0.25) is 0 Å². The predicted molar refractivity (Wildman–Crippen MR) is 102 cm³/mol. The minimum atomic E-state index is -0.777. The van der Waals surface area contributed by atoms with Crippen LogP contribution in [0.5, 0.6) is 5.75 Å². The summed E-state index contributed by atoms with van der Waals surface area (Å²) in [6.07, 6.45) is 0.666. The summed E-state index contributed by atoms with van der Waals surface area (Å²) in [5.74, 6) is 0.0546. The van der Waals surface area contributed by atoms with Gasteiger partial charge in [0.25, 0.3) is 0 Å². The molecule has 0 saturated heterocycles. The zero-order valence-corrected chi connectivity index (χ0v) is 14.7. The number of hydrogen-bond donors (Lipinski definition) is 2. The fraction of sp³-hybridized carbons (Fsp3) is 0.150. The van der Waals surface area contributed by atoms with Gasteiger partial charge in [-0.05, 0) is 59.7 Å². The molecule has 0 radical (unpaired) electrons. The first-order valence-corrected chi connectivity index (χ1v) is 8.78. The van der Waals surface area contributed by atoms with Gasteiger partial charge in [0, 0.05) is 16.7 Å². The van der Waals surface area contributed by atoms with Gasteiger partial charge in [0.05, 0.1) is 12.8 Å². The molecule has 0 amide bonds. The highest BCUT2D eigenvalue weighted by molar-refractivity contribution is 8.00. The summed E-state index contributed by atoms with van der Waals surface area (Å²) in [4.78, 5) is 11.9. The number of hydrogen-bond acceptors (Lipinski definition) is 4. The molecule has 0 aliphatic carbocycles. The Bertz CT molecular complexity index is 878. The number of rotatable bonds is 7. The molecule has 0 aromatic heterocycles. The van der Waals surface area contributed by atoms with Crippen LogP contribution in [0.3, 0.4) is 0 Å². The lowest BCUT2D eigenvalue weighted by molar-refractivity contribution is -0.136. The van der Waals surface area contributed by atoms with E-state index < -0.39 is 5.97 Å². The largest absolute Gasteiger partial charge is 0.497 e. The molecule has 0 fully saturated rings. The maximum absolute atomic E-state index is 10.9. The lowest BCUT2D eigenvalue weighted by Crippen LogP contribution is -1.99. The van der Waals surface area contributed by atoms with E-state index in [4.69, 9.17) is 9.84 Å². The normalized spacial score (nSPS) is 10.6. The quantitative estimate of drug-likeness (QED) is 0.586. The summed E-state index contributed by atoms with van der Waals surface area (Å²) in [7, 11) is 1.65. The molecule has 0 spiro atoms. The maximum atomic E-state index is 10.9. The van der Waals surface area contributed by atoms with E-state index >= 15 is 0 Å². The fourth-order valence-electron chi connectivity index (χ4n) is 2.67. The van der Waals surface area contributed by atoms with E-state index in [0.717, 1.165) is 32.7 Å². The van der Waals surface area contributed by atoms with Crippen molar-refractivity contribution < 1.29 is 14.6 Å². The standard InChI is InChI=1S/C20H19NO3S/c1-24-15-8-10-16(11-9-15)25-21-19-12-6-14(7-13-20(22)23)17-4-2-3-5-18(17)19/h2-6,8-12,21H,7,13H2,1H3,(H,22,23). The number of carboxylic acid groups (broad SMARTS) is 1. The predicted octanol–water partition coefficient (Wildman–Crippen LogP) is 4.98. The molecule has 3 aromatic carbocycles. The first-order chi connectivity index (χ1) is 12.2. The van der Waals surface area contributed by atoms with Gasteiger partial charge in [-0.1, -0.05) is 30.3 Å². The van der Waals surface area contributed by atoms with Crippen molar-refractivity contribution >= 4 is 34.4 Å². The molecule has 3 rings (SSSR count). The summed E-state index contributed by atoms with van der Waals surface area (Å²) in [5.41, 5.74) is 2.06. The summed E-state index contributed by atoms with van der Waals surface area (Å²) >= 11 is 1.53. The molecular weight excluding hydrogens is 334 g/mol. The second-order valence-corrected chi connectivity index (χ2v) is 6.47. The van der Waals surface area contributed by atoms with Crippen LogP contribution in [0.4, 0.5) is 5.69 Å². The number of nitrogens with one attached hydrogen (secondary N) is 1. The Morgan fingerprint density at radius 2 is 1.76 bits per heavy atom. The first kappa shape index (κ1) is 17.2. The van der Waals surface area contributed by atoms with Crippen LogP contribution >= 0.6 is 11.9 Å². The third-order valence-electron chi connectivity index (χ3n) is 3.96. The third-order valence-corrected chi connectivity index (χ3v) is 4.79. The molecule has 4 nitrogen and oxygen atoms in total. The molecule has 0 heterocycles. The van der Waals surface area contributed by atoms with Gasteiger partial charge in [-0.3, -0.25) is 4.79 Å². The number of carbonyl (C=O) groups is 1. The number of ether oxygens (including phenoxy) is 1. The summed E-state index contributed by atoms with van der Waals surface area (Å²) in [6.45, 7) is 0. The molecule has 128 valence electrons. The highest BCUT2D eigenvalue weighted by atomic mass is 32.2. The van der Waals surface area contributed by atoms with Crippen LogP contribution in [0.15, 0.2) is 65.6 Å². The molecule has 25 heavy (non-hydrogen) atoms. The Morgan fingerprint density at radius 3 is 2.44 bits per heavy atom. The molecule has 0 aliphatic rings. The Labute approximate surface area is 151 Å². The molecule has 3 aromatic rings. The van der Waals surface area contributed by atoms with Crippen LogP contribution in [-0.2, 0) is 11.2 Å². The Balaban J connectivity index is 1.81. The monoisotopic (exact) mass is 353 g/mol. The van der Waals surface area contributed by atoms with Crippen molar-refractivity contribution in [3.8, 4) is 5.75 Å². The van der Waals surface area contributed by atoms with Crippen LogP contribution in [0.2, 0.25) is 0 Å². The van der Waals surface area contributed by atoms with Gasteiger partial charge in [-0.2, -0.15) is 0 Å². The first-order valence-electron chi connectivity index (χ1n) is 7.96. The average molecular weight is 353 g/mol. The Kier molecular flexibility index (Phi) is 5.46. The Morgan fingerprint density at radius 1 is 1.04 bits per heavy atom. The van der Waals surface area contributed by atoms with Gasteiger partial charge in [0.15, 0.2) is 0 Å². The fourth-order valence-corrected chi connectivity index (χ4v) is 3.35. The smallest absolute Gasteiger partial charge is 0.303 e. The topological polar surface area (TPSA) is 58.6 Å². The van der Waals surface area contributed by atoms with Gasteiger partial charge in [-0.25, -0.2) is 0 Å². The molecule has 0 unspecified atom stereocenters. The molecule has 0 atom stereocenters. The molecular formula is C20H19NO3S. The zero-order valence-electron chi connectivity index (χ0n) is 13.9. The van der Waals surface area contributed by atoms with E-state index in [0.29, 0.717) is 6.42 Å². The lowest BCUT2D eigenvalue weighted by atomic mass is 10.00. The lowest BCUT2D eigenvalue weighted by Gasteiger charge is -2.12.